The van der Waals surface area contributed by atoms with Gasteiger partial charge in [0.2, 0.25) is 0 Å². The van der Waals surface area contributed by atoms with Gasteiger partial charge in [0.25, 0.3) is 0 Å². The molecule has 0 saturated carbocycles. The molecule has 1 fully saturated rings. The van der Waals surface area contributed by atoms with E-state index in [1.54, 1.807) is 18.5 Å². The molecule has 0 spiro atoms. The molecule has 4 heterocycles. The van der Waals surface area contributed by atoms with Gasteiger partial charge >= 0.3 is 0 Å². The molecule has 5 rings (SSSR count). The van der Waals surface area contributed by atoms with Crippen LogP contribution in [0.1, 0.15) is 17.2 Å². The van der Waals surface area contributed by atoms with E-state index in [4.69, 9.17) is 15.5 Å². The quantitative estimate of drug-likeness (QED) is 0.533. The van der Waals surface area contributed by atoms with E-state index < -0.39 is 6.04 Å². The number of nitrogens with one attached hydrogen (secondary N) is 2. The second-order valence-corrected chi connectivity index (χ2v) is 7.72. The maximum atomic E-state index is 11.7. The first kappa shape index (κ1) is 20.0. The summed E-state index contributed by atoms with van der Waals surface area (Å²) in [6.07, 6.45) is 6.21. The van der Waals surface area contributed by atoms with Gasteiger partial charge in [-0.3, -0.25) is 4.98 Å². The summed E-state index contributed by atoms with van der Waals surface area (Å²) in [5, 5.41) is 6.50. The Labute approximate surface area is 186 Å². The number of hydrogen-bond donors (Lipinski definition) is 3. The average Bonchev–Trinajstić information content (AvgIpc) is 2.85. The van der Waals surface area contributed by atoms with Crippen LogP contribution in [-0.4, -0.2) is 42.6 Å². The van der Waals surface area contributed by atoms with Crippen molar-refractivity contribution in [3.63, 3.8) is 0 Å². The van der Waals surface area contributed by atoms with E-state index in [-0.39, 0.29) is 0 Å². The molecule has 4 N–H and O–H groups in total. The van der Waals surface area contributed by atoms with Crippen LogP contribution in [0.5, 0.6) is 0 Å². The number of pyridine rings is 2. The van der Waals surface area contributed by atoms with Crippen molar-refractivity contribution in [2.24, 2.45) is 0 Å². The van der Waals surface area contributed by atoms with E-state index in [1.807, 2.05) is 30.3 Å². The van der Waals surface area contributed by atoms with E-state index in [0.717, 1.165) is 55.1 Å². The second kappa shape index (κ2) is 8.68. The van der Waals surface area contributed by atoms with Crippen LogP contribution in [0, 0.1) is 0 Å². The molecule has 1 saturated heterocycles. The van der Waals surface area contributed by atoms with Crippen LogP contribution in [0.3, 0.4) is 0 Å². The summed E-state index contributed by atoms with van der Waals surface area (Å²) < 4.78 is 5.44. The van der Waals surface area contributed by atoms with E-state index in [2.05, 4.69) is 32.7 Å². The smallest absolute Gasteiger partial charge is 0.146 e. The van der Waals surface area contributed by atoms with Gasteiger partial charge in [-0.05, 0) is 60.3 Å². The highest BCUT2D eigenvalue weighted by atomic mass is 16.5. The Morgan fingerprint density at radius 1 is 1.12 bits per heavy atom. The largest absolute Gasteiger partial charge is 0.397 e. The van der Waals surface area contributed by atoms with Crippen molar-refractivity contribution >= 4 is 35.2 Å². The van der Waals surface area contributed by atoms with Crippen molar-refractivity contribution in [2.45, 2.75) is 6.04 Å². The van der Waals surface area contributed by atoms with Gasteiger partial charge < -0.3 is 30.8 Å². The number of anilines is 4. The van der Waals surface area contributed by atoms with Gasteiger partial charge in [0.15, 0.2) is 0 Å². The third kappa shape index (κ3) is 4.00. The van der Waals surface area contributed by atoms with Crippen molar-refractivity contribution in [3.05, 3.63) is 66.0 Å². The molecule has 32 heavy (non-hydrogen) atoms. The number of aldehydes is 1. The zero-order chi connectivity index (χ0) is 21.9. The van der Waals surface area contributed by atoms with Crippen LogP contribution in [0.25, 0.3) is 17.5 Å². The average molecular weight is 428 g/mol. The Morgan fingerprint density at radius 3 is 2.66 bits per heavy atom. The maximum absolute atomic E-state index is 11.7. The second-order valence-electron chi connectivity index (χ2n) is 7.72. The van der Waals surface area contributed by atoms with Crippen molar-refractivity contribution in [3.8, 4) is 11.4 Å². The molecular weight excluding hydrogens is 404 g/mol. The zero-order valence-electron chi connectivity index (χ0n) is 17.5. The van der Waals surface area contributed by atoms with Gasteiger partial charge in [-0.15, -0.1) is 0 Å². The molecular formula is C24H24N6O2. The Bertz CT molecular complexity index is 1140. The lowest BCUT2D eigenvalue weighted by molar-refractivity contribution is -0.109. The lowest BCUT2D eigenvalue weighted by atomic mass is 9.97. The lowest BCUT2D eigenvalue weighted by Crippen LogP contribution is -2.36. The van der Waals surface area contributed by atoms with Crippen LogP contribution in [0.2, 0.25) is 0 Å². The van der Waals surface area contributed by atoms with Gasteiger partial charge in [-0.1, -0.05) is 0 Å². The topological polar surface area (TPSA) is 105 Å². The highest BCUT2D eigenvalue weighted by Crippen LogP contribution is 2.34. The van der Waals surface area contributed by atoms with E-state index in [9.17, 15) is 4.79 Å². The fraction of sp³-hybridized carbons (Fsp3) is 0.208. The Kier molecular flexibility index (Phi) is 5.43. The predicted molar refractivity (Wildman–Crippen MR) is 126 cm³/mol. The molecule has 2 aliphatic rings. The first-order valence-electron chi connectivity index (χ1n) is 10.6. The van der Waals surface area contributed by atoms with Crippen LogP contribution < -0.4 is 21.3 Å². The molecule has 1 unspecified atom stereocenters. The zero-order valence-corrected chi connectivity index (χ0v) is 17.5. The number of morpholine rings is 1. The number of carbonyl (C=O) groups excluding carboxylic acids is 1. The number of benzene rings is 1. The molecule has 2 aromatic heterocycles. The van der Waals surface area contributed by atoms with Gasteiger partial charge in [0.1, 0.15) is 18.1 Å². The molecule has 0 amide bonds. The third-order valence-corrected chi connectivity index (χ3v) is 5.63. The Morgan fingerprint density at radius 2 is 1.94 bits per heavy atom. The fourth-order valence-corrected chi connectivity index (χ4v) is 3.97. The first-order valence-corrected chi connectivity index (χ1v) is 10.6. The van der Waals surface area contributed by atoms with Gasteiger partial charge in [0.05, 0.1) is 36.5 Å². The minimum absolute atomic E-state index is 0.481. The Hall–Kier alpha value is -3.91. The van der Waals surface area contributed by atoms with Gasteiger partial charge in [-0.2, -0.15) is 0 Å². The first-order chi connectivity index (χ1) is 15.7. The summed E-state index contributed by atoms with van der Waals surface area (Å²) >= 11 is 0. The summed E-state index contributed by atoms with van der Waals surface area (Å²) in [5.74, 6) is 0.615. The predicted octanol–water partition coefficient (Wildman–Crippen LogP) is 3.12. The summed E-state index contributed by atoms with van der Waals surface area (Å²) in [5.41, 5.74) is 11.6. The highest BCUT2D eigenvalue weighted by Gasteiger charge is 2.23. The molecule has 1 aromatic carbocycles. The number of nitrogens with two attached hydrogens (primary N) is 1. The number of nitrogens with zero attached hydrogens (tertiary/aromatic N) is 3. The molecule has 0 aliphatic carbocycles. The lowest BCUT2D eigenvalue weighted by Gasteiger charge is -2.29. The minimum atomic E-state index is -0.481. The van der Waals surface area contributed by atoms with E-state index in [0.29, 0.717) is 22.9 Å². The molecule has 8 nitrogen and oxygen atoms in total. The number of ether oxygens (including phenoxy) is 1. The van der Waals surface area contributed by atoms with Crippen LogP contribution in [-0.2, 0) is 9.53 Å². The summed E-state index contributed by atoms with van der Waals surface area (Å²) in [6.45, 7) is 3.26. The molecule has 2 aliphatic heterocycles. The molecule has 1 atom stereocenters. The van der Waals surface area contributed by atoms with Crippen LogP contribution in [0.4, 0.5) is 22.9 Å². The monoisotopic (exact) mass is 428 g/mol. The molecule has 162 valence electrons. The van der Waals surface area contributed by atoms with E-state index in [1.165, 1.54) is 0 Å². The number of rotatable bonds is 5. The van der Waals surface area contributed by atoms with Crippen molar-refractivity contribution in [1.82, 2.24) is 15.3 Å². The van der Waals surface area contributed by atoms with Crippen LogP contribution in [0.15, 0.2) is 54.9 Å². The third-order valence-electron chi connectivity index (χ3n) is 5.63. The highest BCUT2D eigenvalue weighted by molar-refractivity contribution is 5.79. The standard InChI is InChI=1S/C24H24N6O2/c25-17-1-6-20(27-14-17)21-13-16-7-8-26-22(15-31)23(16)24(29-21)28-18-2-4-19(5-3-18)30-9-11-32-12-10-30/h1-8,13-15,22,26H,9-12,25H2,(H,28,29). The summed E-state index contributed by atoms with van der Waals surface area (Å²) in [7, 11) is 0. The number of aromatic nitrogens is 2. The minimum Gasteiger partial charge on any atom is -0.397 e. The van der Waals surface area contributed by atoms with E-state index >= 15 is 0 Å². The molecule has 0 bridgehead atoms. The summed E-state index contributed by atoms with van der Waals surface area (Å²) in [4.78, 5) is 23.3. The number of hydrogen-bond acceptors (Lipinski definition) is 8. The van der Waals surface area contributed by atoms with Crippen molar-refractivity contribution < 1.29 is 9.53 Å². The molecule has 8 heteroatoms. The summed E-state index contributed by atoms with van der Waals surface area (Å²) in [6, 6.07) is 13.3. The normalized spacial score (nSPS) is 17.4. The number of nitrogen functional groups attached to an aromatic ring is 1. The fourth-order valence-electron chi connectivity index (χ4n) is 3.97. The maximum Gasteiger partial charge on any atom is 0.146 e. The molecule has 0 radical (unpaired) electrons. The van der Waals surface area contributed by atoms with Crippen molar-refractivity contribution in [1.29, 1.82) is 0 Å². The number of fused-ring (bicyclic) bond motifs is 1. The van der Waals surface area contributed by atoms with Gasteiger partial charge in [0, 0.05) is 30.0 Å². The van der Waals surface area contributed by atoms with Crippen LogP contribution >= 0.6 is 0 Å². The van der Waals surface area contributed by atoms with Crippen molar-refractivity contribution in [2.75, 3.05) is 42.3 Å². The SMILES string of the molecule is Nc1ccc(-c2cc3c(c(Nc4ccc(N5CCOCC5)cc4)n2)C(C=O)NC=C3)nc1. The molecule has 3 aromatic rings. The number of carbonyl (C=O) groups is 1. The van der Waals surface area contributed by atoms with Gasteiger partial charge in [-0.25, -0.2) is 4.98 Å². The Balaban J connectivity index is 1.50.